The fourth-order valence-electron chi connectivity index (χ4n) is 4.99. The summed E-state index contributed by atoms with van der Waals surface area (Å²) in [5.41, 5.74) is 1.48. The molecule has 1 heterocycles. The van der Waals surface area contributed by atoms with E-state index in [1.807, 2.05) is 0 Å². The second-order valence-corrected chi connectivity index (χ2v) is 10.7. The summed E-state index contributed by atoms with van der Waals surface area (Å²) >= 11 is 0. The summed E-state index contributed by atoms with van der Waals surface area (Å²) in [6, 6.07) is 22.0. The lowest BCUT2D eigenvalue weighted by atomic mass is 9.79. The molecule has 155 valence electrons. The van der Waals surface area contributed by atoms with Crippen molar-refractivity contribution >= 4 is 18.5 Å². The van der Waals surface area contributed by atoms with Crippen LogP contribution in [0.15, 0.2) is 60.7 Å². The molecule has 4 aliphatic rings. The third-order valence-electron chi connectivity index (χ3n) is 6.43. The van der Waals surface area contributed by atoms with Crippen molar-refractivity contribution < 1.29 is 0 Å². The Morgan fingerprint density at radius 1 is 0.594 bits per heavy atom. The third kappa shape index (κ3) is 4.21. The van der Waals surface area contributed by atoms with E-state index >= 15 is 0 Å². The SMILES string of the molecule is [CH]1[CH][C]2CN(C[C]3[CH][CH][CH][C]3P(c3ccccc3)c3ccccc3)C[C]3[CH][CH][CH][C]3[C]2[CH]1. The highest BCUT2D eigenvalue weighted by Crippen LogP contribution is 2.57. The maximum atomic E-state index is 2.60. The van der Waals surface area contributed by atoms with Crippen LogP contribution in [-0.4, -0.2) is 24.5 Å². The molecule has 1 saturated heterocycles. The molecule has 1 nitrogen and oxygen atoms in total. The molecule has 32 heavy (non-hydrogen) atoms. The Morgan fingerprint density at radius 2 is 1.12 bits per heavy atom. The Balaban J connectivity index is 1.25. The minimum absolute atomic E-state index is 0.577. The number of likely N-dealkylation sites (tertiary alicyclic amines) is 1. The number of hydrogen-bond acceptors (Lipinski definition) is 1. The Hall–Kier alpha value is -1.17. The molecule has 3 aliphatic carbocycles. The molecular formula is C30H25NP. The zero-order valence-corrected chi connectivity index (χ0v) is 18.9. The monoisotopic (exact) mass is 430 g/mol. The number of hydrogen-bond donors (Lipinski definition) is 0. The van der Waals surface area contributed by atoms with Gasteiger partial charge in [-0.05, 0) is 88.2 Å². The van der Waals surface area contributed by atoms with Crippen molar-refractivity contribution in [1.29, 1.82) is 0 Å². The van der Waals surface area contributed by atoms with Crippen LogP contribution in [0.1, 0.15) is 0 Å². The molecule has 3 saturated carbocycles. The summed E-state index contributed by atoms with van der Waals surface area (Å²) < 4.78 is 0. The van der Waals surface area contributed by atoms with E-state index in [1.165, 1.54) is 45.9 Å². The van der Waals surface area contributed by atoms with E-state index in [0.29, 0.717) is 0 Å². The largest absolute Gasteiger partial charge is 0.302 e. The zero-order chi connectivity index (χ0) is 21.3. The first kappa shape index (κ1) is 21.4. The minimum Gasteiger partial charge on any atom is -0.302 e. The highest BCUT2D eigenvalue weighted by molar-refractivity contribution is 7.76. The van der Waals surface area contributed by atoms with Gasteiger partial charge < -0.3 is 4.90 Å². The predicted octanol–water partition coefficient (Wildman–Crippen LogP) is 4.72. The van der Waals surface area contributed by atoms with Gasteiger partial charge in [0, 0.05) is 43.0 Å². The Labute approximate surface area is 196 Å². The van der Waals surface area contributed by atoms with Crippen molar-refractivity contribution in [1.82, 2.24) is 4.90 Å². The minimum atomic E-state index is -0.577. The molecule has 2 aromatic carbocycles. The average molecular weight is 431 g/mol. The van der Waals surface area contributed by atoms with Gasteiger partial charge in [-0.3, -0.25) is 0 Å². The van der Waals surface area contributed by atoms with Crippen molar-refractivity contribution in [3.8, 4) is 0 Å². The van der Waals surface area contributed by atoms with Crippen LogP contribution < -0.4 is 10.6 Å². The van der Waals surface area contributed by atoms with Gasteiger partial charge in [0.1, 0.15) is 0 Å². The van der Waals surface area contributed by atoms with Gasteiger partial charge in [-0.1, -0.05) is 60.7 Å². The van der Waals surface area contributed by atoms with Crippen molar-refractivity contribution in [2.45, 2.75) is 0 Å². The lowest BCUT2D eigenvalue weighted by molar-refractivity contribution is 0.325. The molecule has 0 aromatic heterocycles. The molecule has 4 fully saturated rings. The molecule has 0 atom stereocenters. The highest BCUT2D eigenvalue weighted by Gasteiger charge is 2.47. The van der Waals surface area contributed by atoms with Crippen LogP contribution in [0.5, 0.6) is 0 Å². The van der Waals surface area contributed by atoms with Gasteiger partial charge in [-0.15, -0.1) is 0 Å². The van der Waals surface area contributed by atoms with E-state index in [4.69, 9.17) is 0 Å². The summed E-state index contributed by atoms with van der Waals surface area (Å²) in [5, 5.41) is 2.82. The summed E-state index contributed by atoms with van der Waals surface area (Å²) in [7, 11) is -0.577. The first-order valence-electron chi connectivity index (χ1n) is 11.2. The standard InChI is InChI=1S/C30H25NP/c1-3-13-26(14-4-1)32(27-15-5-2-6-16-27)30-19-9-12-25(30)22-31-20-23-10-7-17-28(23)29-18-8-11-24(29)21-31/h1-19H,20-22H2. The molecule has 0 bridgehead atoms. The van der Waals surface area contributed by atoms with Crippen molar-refractivity contribution in [3.05, 3.63) is 154 Å². The average Bonchev–Trinajstić information content (AvgIpc) is 3.57. The predicted molar refractivity (Wildman–Crippen MR) is 134 cm³/mol. The lowest BCUT2D eigenvalue weighted by Gasteiger charge is -2.33. The van der Waals surface area contributed by atoms with Gasteiger partial charge in [0.2, 0.25) is 0 Å². The van der Waals surface area contributed by atoms with Crippen molar-refractivity contribution in [3.63, 3.8) is 0 Å². The van der Waals surface area contributed by atoms with Crippen LogP contribution in [0, 0.1) is 93.0 Å². The van der Waals surface area contributed by atoms with Gasteiger partial charge in [0.15, 0.2) is 0 Å². The van der Waals surface area contributed by atoms with E-state index in [0.717, 1.165) is 19.6 Å². The summed E-state index contributed by atoms with van der Waals surface area (Å²) in [4.78, 5) is 2.60. The molecule has 1 aliphatic heterocycles. The van der Waals surface area contributed by atoms with Crippen LogP contribution in [0.4, 0.5) is 0 Å². The smallest absolute Gasteiger partial charge is 0.0208 e. The van der Waals surface area contributed by atoms with Crippen LogP contribution in [0.25, 0.3) is 0 Å². The maximum Gasteiger partial charge on any atom is 0.0208 e. The van der Waals surface area contributed by atoms with E-state index in [9.17, 15) is 0 Å². The number of nitrogens with zero attached hydrogens (tertiary/aromatic N) is 1. The van der Waals surface area contributed by atoms with E-state index in [-0.39, 0.29) is 0 Å². The molecule has 0 amide bonds. The van der Waals surface area contributed by atoms with Gasteiger partial charge in [0.05, 0.1) is 0 Å². The van der Waals surface area contributed by atoms with Crippen LogP contribution in [-0.2, 0) is 0 Å². The first-order chi connectivity index (χ1) is 15.9. The van der Waals surface area contributed by atoms with Crippen molar-refractivity contribution in [2.24, 2.45) is 0 Å². The topological polar surface area (TPSA) is 3.24 Å². The second kappa shape index (κ2) is 9.60. The Morgan fingerprint density at radius 3 is 1.69 bits per heavy atom. The van der Waals surface area contributed by atoms with Gasteiger partial charge in [0.25, 0.3) is 0 Å². The van der Waals surface area contributed by atoms with Gasteiger partial charge in [-0.25, -0.2) is 0 Å². The number of fused-ring (bicyclic) bond motifs is 3. The van der Waals surface area contributed by atoms with Crippen LogP contribution >= 0.6 is 7.92 Å². The molecular weight excluding hydrogens is 405 g/mol. The Bertz CT molecular complexity index is 805. The second-order valence-electron chi connectivity index (χ2n) is 8.52. The molecule has 2 aromatic rings. The third-order valence-corrected chi connectivity index (χ3v) is 8.98. The van der Waals surface area contributed by atoms with Gasteiger partial charge >= 0.3 is 0 Å². The van der Waals surface area contributed by atoms with Crippen LogP contribution in [0.3, 0.4) is 0 Å². The number of benzene rings is 2. The van der Waals surface area contributed by atoms with E-state index in [2.05, 4.69) is 123 Å². The molecule has 6 rings (SSSR count). The molecule has 0 unspecified atom stereocenters. The normalized spacial score (nSPS) is 24.9. The fraction of sp³-hybridized carbons (Fsp3) is 0.100. The van der Waals surface area contributed by atoms with Crippen LogP contribution in [0.2, 0.25) is 0 Å². The number of rotatable bonds is 5. The molecule has 2 heteroatoms. The van der Waals surface area contributed by atoms with E-state index in [1.54, 1.807) is 0 Å². The molecule has 15 radical (unpaired) electrons. The first-order valence-corrected chi connectivity index (χ1v) is 12.6. The summed E-state index contributed by atoms with van der Waals surface area (Å²) in [6.45, 7) is 2.96. The lowest BCUT2D eigenvalue weighted by Crippen LogP contribution is -2.35. The molecule has 0 N–H and O–H groups in total. The quantitative estimate of drug-likeness (QED) is 0.621. The summed E-state index contributed by atoms with van der Waals surface area (Å²) in [6.07, 6.45) is 20.4. The van der Waals surface area contributed by atoms with Gasteiger partial charge in [-0.2, -0.15) is 0 Å². The zero-order valence-electron chi connectivity index (χ0n) is 18.0. The highest BCUT2D eigenvalue weighted by atomic mass is 31.1. The maximum absolute atomic E-state index is 2.60. The summed E-state index contributed by atoms with van der Waals surface area (Å²) in [5.74, 6) is 7.15. The fourth-order valence-corrected chi connectivity index (χ4v) is 7.45. The Kier molecular flexibility index (Phi) is 6.41. The van der Waals surface area contributed by atoms with Crippen molar-refractivity contribution in [2.75, 3.05) is 19.6 Å². The van der Waals surface area contributed by atoms with E-state index < -0.39 is 7.92 Å². The molecule has 0 spiro atoms.